The predicted octanol–water partition coefficient (Wildman–Crippen LogP) is 4.89. The summed E-state index contributed by atoms with van der Waals surface area (Å²) in [7, 11) is 0. The second kappa shape index (κ2) is 14.5. The van der Waals surface area contributed by atoms with Crippen LogP contribution in [0.4, 0.5) is 10.8 Å². The number of nitrogens with one attached hydrogen (secondary N) is 2. The van der Waals surface area contributed by atoms with Crippen LogP contribution in [0.1, 0.15) is 84.2 Å². The largest absolute Gasteiger partial charge is 0.382 e. The molecule has 1 aromatic carbocycles. The number of imide groups is 2. The zero-order chi connectivity index (χ0) is 39.4. The zero-order valence-electron chi connectivity index (χ0n) is 31.7. The van der Waals surface area contributed by atoms with Crippen LogP contribution in [0.5, 0.6) is 0 Å². The van der Waals surface area contributed by atoms with E-state index in [9.17, 15) is 24.4 Å². The maximum Gasteiger partial charge on any atom is 0.262 e. The lowest BCUT2D eigenvalue weighted by Gasteiger charge is -2.46. The van der Waals surface area contributed by atoms with Crippen molar-refractivity contribution in [3.63, 3.8) is 0 Å². The Labute approximate surface area is 332 Å². The van der Waals surface area contributed by atoms with E-state index in [0.29, 0.717) is 23.2 Å². The first-order chi connectivity index (χ1) is 27.6. The fourth-order valence-electron chi connectivity index (χ4n) is 8.64. The Balaban J connectivity index is 0.823. The molecule has 290 valence electrons. The number of likely N-dealkylation sites (tertiary alicyclic amines) is 1. The maximum absolute atomic E-state index is 13.3. The molecule has 1 atom stereocenters. The molecular weight excluding hydrogens is 743 g/mol. The molecule has 3 saturated heterocycles. The molecule has 4 aromatic heterocycles. The van der Waals surface area contributed by atoms with Gasteiger partial charge in [0, 0.05) is 44.0 Å². The van der Waals surface area contributed by atoms with E-state index in [2.05, 4.69) is 55.6 Å². The Morgan fingerprint density at radius 2 is 1.70 bits per heavy atom. The van der Waals surface area contributed by atoms with Crippen molar-refractivity contribution in [1.29, 1.82) is 5.26 Å². The minimum atomic E-state index is -0.968. The van der Waals surface area contributed by atoms with Gasteiger partial charge in [0.1, 0.15) is 12.1 Å². The molecule has 5 aromatic rings. The van der Waals surface area contributed by atoms with Crippen LogP contribution in [0.3, 0.4) is 0 Å². The van der Waals surface area contributed by atoms with Gasteiger partial charge in [0.25, 0.3) is 11.8 Å². The van der Waals surface area contributed by atoms with Crippen molar-refractivity contribution in [3.8, 4) is 28.0 Å². The lowest BCUT2D eigenvalue weighted by atomic mass is 9.71. The van der Waals surface area contributed by atoms with E-state index in [1.807, 2.05) is 36.5 Å². The number of nitriles is 1. The van der Waals surface area contributed by atoms with Crippen LogP contribution in [-0.4, -0.2) is 96.5 Å². The highest BCUT2D eigenvalue weighted by Crippen LogP contribution is 2.44. The van der Waals surface area contributed by atoms with Gasteiger partial charge in [0.2, 0.25) is 16.9 Å². The summed E-state index contributed by atoms with van der Waals surface area (Å²) in [6, 6.07) is 14.5. The van der Waals surface area contributed by atoms with Crippen molar-refractivity contribution in [2.45, 2.75) is 71.0 Å². The molecule has 0 aliphatic carbocycles. The van der Waals surface area contributed by atoms with Crippen LogP contribution >= 0.6 is 11.3 Å². The standard InChI is InChI=1S/C41H41N11O4S/c1-24(2)45-31-19-32(33-6-4-27-17-26(20-42)21-44-52(27)33)43-22-30(31)37-47-48-40(57-37)50-15-11-41(12-16-50)9-13-49(14-10-41)23-25-3-5-28-29(18-25)39(56)51(38(28)55)34-7-8-35(53)46-36(34)54/h3-6,17-19,21-22,24,34H,7-16,23H2,1-2H3,(H,43,45)(H,46,53,54). The van der Waals surface area contributed by atoms with Crippen molar-refractivity contribution >= 4 is 51.3 Å². The molecular formula is C41H41N11O4S. The fraction of sp³-hybridized carbons (Fsp3) is 0.390. The number of carbonyl (C=O) groups excluding carboxylic acids is 4. The molecule has 9 rings (SSSR count). The van der Waals surface area contributed by atoms with Crippen molar-refractivity contribution in [2.75, 3.05) is 36.4 Å². The SMILES string of the molecule is CC(C)Nc1cc(-c2ccc3cc(C#N)cnn23)ncc1-c1nnc(N2CCC3(CCN(Cc4ccc5c(c4)C(=O)N(C4CCC(=O)NC4=O)C5=O)CC3)CC2)s1. The van der Waals surface area contributed by atoms with Gasteiger partial charge < -0.3 is 10.2 Å². The normalized spacial score (nSPS) is 19.7. The summed E-state index contributed by atoms with van der Waals surface area (Å²) in [4.78, 5) is 61.2. The number of hydrogen-bond donors (Lipinski definition) is 2. The summed E-state index contributed by atoms with van der Waals surface area (Å²) in [6.07, 6.45) is 7.97. The lowest BCUT2D eigenvalue weighted by molar-refractivity contribution is -0.136. The Kier molecular flexibility index (Phi) is 9.29. The van der Waals surface area contributed by atoms with E-state index in [4.69, 9.17) is 4.98 Å². The van der Waals surface area contributed by atoms with Gasteiger partial charge >= 0.3 is 0 Å². The second-order valence-electron chi connectivity index (χ2n) is 15.8. The van der Waals surface area contributed by atoms with Gasteiger partial charge in [-0.05, 0) is 106 Å². The first-order valence-corrected chi connectivity index (χ1v) is 20.2. The Morgan fingerprint density at radius 3 is 2.46 bits per heavy atom. The zero-order valence-corrected chi connectivity index (χ0v) is 32.5. The van der Waals surface area contributed by atoms with Gasteiger partial charge in [-0.3, -0.25) is 39.3 Å². The van der Waals surface area contributed by atoms with E-state index in [-0.39, 0.29) is 30.2 Å². The summed E-state index contributed by atoms with van der Waals surface area (Å²) in [6.45, 7) is 8.58. The monoisotopic (exact) mass is 783 g/mol. The van der Waals surface area contributed by atoms with Crippen molar-refractivity contribution in [1.82, 2.24) is 39.9 Å². The number of hydrogen-bond acceptors (Lipinski definition) is 13. The molecule has 15 nitrogen and oxygen atoms in total. The molecule has 1 spiro atoms. The van der Waals surface area contributed by atoms with Gasteiger partial charge in [-0.25, -0.2) is 4.52 Å². The number of fused-ring (bicyclic) bond motifs is 2. The van der Waals surface area contributed by atoms with Gasteiger partial charge in [-0.2, -0.15) is 10.4 Å². The van der Waals surface area contributed by atoms with Crippen LogP contribution in [0.25, 0.3) is 27.5 Å². The summed E-state index contributed by atoms with van der Waals surface area (Å²) >= 11 is 1.58. The van der Waals surface area contributed by atoms with Crippen LogP contribution in [0.15, 0.2) is 54.9 Å². The van der Waals surface area contributed by atoms with Crippen LogP contribution in [0.2, 0.25) is 0 Å². The summed E-state index contributed by atoms with van der Waals surface area (Å²) < 4.78 is 1.79. The second-order valence-corrected chi connectivity index (χ2v) is 16.8. The highest BCUT2D eigenvalue weighted by molar-refractivity contribution is 7.18. The molecule has 0 radical (unpaired) electrons. The van der Waals surface area contributed by atoms with Gasteiger partial charge in [0.15, 0.2) is 5.01 Å². The first kappa shape index (κ1) is 36.6. The average Bonchev–Trinajstić information content (AvgIpc) is 3.93. The minimum Gasteiger partial charge on any atom is -0.382 e. The number of carbonyl (C=O) groups is 4. The van der Waals surface area contributed by atoms with Crippen LogP contribution in [0, 0.1) is 16.7 Å². The number of anilines is 2. The van der Waals surface area contributed by atoms with Gasteiger partial charge in [-0.15, -0.1) is 10.2 Å². The molecule has 0 saturated carbocycles. The summed E-state index contributed by atoms with van der Waals surface area (Å²) in [5.74, 6) is -1.95. The first-order valence-electron chi connectivity index (χ1n) is 19.4. The molecule has 0 bridgehead atoms. The average molecular weight is 784 g/mol. The number of rotatable bonds is 8. The quantitative estimate of drug-likeness (QED) is 0.204. The van der Waals surface area contributed by atoms with Gasteiger partial charge in [-0.1, -0.05) is 17.4 Å². The van der Waals surface area contributed by atoms with E-state index in [1.54, 1.807) is 34.2 Å². The summed E-state index contributed by atoms with van der Waals surface area (Å²) in [5.41, 5.74) is 6.58. The summed E-state index contributed by atoms with van der Waals surface area (Å²) in [5, 5.41) is 30.6. The highest BCUT2D eigenvalue weighted by Gasteiger charge is 2.45. The van der Waals surface area contributed by atoms with Crippen molar-refractivity contribution in [2.24, 2.45) is 5.41 Å². The molecule has 4 aliphatic rings. The number of pyridine rings is 1. The lowest BCUT2D eigenvalue weighted by Crippen LogP contribution is -2.54. The van der Waals surface area contributed by atoms with Crippen molar-refractivity contribution < 1.29 is 19.2 Å². The minimum absolute atomic E-state index is 0.0949. The predicted molar refractivity (Wildman–Crippen MR) is 212 cm³/mol. The third-order valence-corrected chi connectivity index (χ3v) is 12.8. The van der Waals surface area contributed by atoms with E-state index >= 15 is 0 Å². The highest BCUT2D eigenvalue weighted by atomic mass is 32.1. The maximum atomic E-state index is 13.3. The fourth-order valence-corrected chi connectivity index (χ4v) is 9.56. The molecule has 4 aliphatic heterocycles. The van der Waals surface area contributed by atoms with E-state index in [1.165, 1.54) is 0 Å². The number of aromatic nitrogens is 5. The third-order valence-electron chi connectivity index (χ3n) is 11.8. The molecule has 8 heterocycles. The van der Waals surface area contributed by atoms with E-state index in [0.717, 1.165) is 101 Å². The smallest absolute Gasteiger partial charge is 0.262 e. The Morgan fingerprint density at radius 1 is 0.930 bits per heavy atom. The number of benzene rings is 1. The van der Waals surface area contributed by atoms with Crippen molar-refractivity contribution in [3.05, 3.63) is 77.1 Å². The van der Waals surface area contributed by atoms with Crippen LogP contribution in [-0.2, 0) is 16.1 Å². The van der Waals surface area contributed by atoms with Crippen LogP contribution < -0.4 is 15.5 Å². The molecule has 2 N–H and O–H groups in total. The molecule has 4 amide bonds. The number of piperidine rings is 3. The number of nitrogens with zero attached hydrogens (tertiary/aromatic N) is 9. The Bertz CT molecular complexity index is 2490. The molecule has 3 fully saturated rings. The molecule has 16 heteroatoms. The Hall–Kier alpha value is -6.05. The topological polar surface area (TPSA) is 182 Å². The van der Waals surface area contributed by atoms with E-state index < -0.39 is 23.8 Å². The number of amides is 4. The molecule has 57 heavy (non-hydrogen) atoms. The third kappa shape index (κ3) is 6.80. The van der Waals surface area contributed by atoms with Gasteiger partial charge in [0.05, 0.1) is 45.4 Å². The molecule has 1 unspecified atom stereocenters.